The molecule has 1 fully saturated rings. The summed E-state index contributed by atoms with van der Waals surface area (Å²) in [6.07, 6.45) is 6.16. The molecule has 0 spiro atoms. The summed E-state index contributed by atoms with van der Waals surface area (Å²) in [6.45, 7) is 4.66. The average Bonchev–Trinajstić information content (AvgIpc) is 3.40. The number of carbonyl (C=O) groups is 3. The predicted molar refractivity (Wildman–Crippen MR) is 108 cm³/mol. The number of nitrogens with zero attached hydrogens (tertiary/aromatic N) is 5. The topological polar surface area (TPSA) is 143 Å². The van der Waals surface area contributed by atoms with Crippen molar-refractivity contribution >= 4 is 23.9 Å². The lowest BCUT2D eigenvalue weighted by molar-refractivity contribution is -0.122. The highest BCUT2D eigenvalue weighted by Gasteiger charge is 2.33. The van der Waals surface area contributed by atoms with Gasteiger partial charge in [-0.2, -0.15) is 5.10 Å². The van der Waals surface area contributed by atoms with Crippen LogP contribution in [0.5, 0.6) is 0 Å². The normalized spacial score (nSPS) is 18.2. The van der Waals surface area contributed by atoms with Gasteiger partial charge in [0.1, 0.15) is 11.3 Å². The fraction of sp³-hybridized carbons (Fsp3) is 0.400. The molecule has 0 unspecified atom stereocenters. The number of aryl methyl sites for hydroxylation is 1. The third-order valence-electron chi connectivity index (χ3n) is 5.35. The lowest BCUT2D eigenvalue weighted by Crippen LogP contribution is -2.52. The summed E-state index contributed by atoms with van der Waals surface area (Å²) in [7, 11) is 0. The summed E-state index contributed by atoms with van der Waals surface area (Å²) in [4.78, 5) is 39.9. The van der Waals surface area contributed by atoms with Crippen LogP contribution in [0.4, 0.5) is 0 Å². The van der Waals surface area contributed by atoms with E-state index in [-0.39, 0.29) is 30.2 Å². The van der Waals surface area contributed by atoms with Crippen LogP contribution in [0.15, 0.2) is 35.2 Å². The zero-order valence-electron chi connectivity index (χ0n) is 17.3. The number of nitrogens with one attached hydrogen (secondary N) is 1. The lowest BCUT2D eigenvalue weighted by Gasteiger charge is -2.38. The monoisotopic (exact) mass is 428 g/mol. The maximum atomic E-state index is 13.0. The molecule has 0 radical (unpaired) electrons. The van der Waals surface area contributed by atoms with Crippen molar-refractivity contribution in [3.63, 3.8) is 0 Å². The highest BCUT2D eigenvalue weighted by atomic mass is 16.5. The van der Waals surface area contributed by atoms with Crippen molar-refractivity contribution in [1.82, 2.24) is 30.0 Å². The van der Waals surface area contributed by atoms with Crippen molar-refractivity contribution in [2.75, 3.05) is 13.1 Å². The fourth-order valence-electron chi connectivity index (χ4n) is 3.72. The number of piperidine rings is 1. The van der Waals surface area contributed by atoms with Crippen molar-refractivity contribution in [2.24, 2.45) is 5.92 Å². The van der Waals surface area contributed by atoms with E-state index in [1.165, 1.54) is 6.20 Å². The van der Waals surface area contributed by atoms with E-state index in [2.05, 4.69) is 27.5 Å². The summed E-state index contributed by atoms with van der Waals surface area (Å²) in [5, 5.41) is 17.9. The van der Waals surface area contributed by atoms with Gasteiger partial charge in [0.05, 0.1) is 12.4 Å². The Morgan fingerprint density at radius 3 is 2.84 bits per heavy atom. The minimum Gasteiger partial charge on any atom is -0.483 e. The van der Waals surface area contributed by atoms with Gasteiger partial charge in [-0.1, -0.05) is 12.1 Å². The highest BCUT2D eigenvalue weighted by Crippen LogP contribution is 2.23. The van der Waals surface area contributed by atoms with Gasteiger partial charge < -0.3 is 19.8 Å². The van der Waals surface area contributed by atoms with E-state index in [1.54, 1.807) is 29.9 Å². The van der Waals surface area contributed by atoms with Gasteiger partial charge >= 0.3 is 0 Å². The van der Waals surface area contributed by atoms with Crippen LogP contribution in [-0.4, -0.2) is 67.2 Å². The first kappa shape index (κ1) is 21.9. The molecule has 11 heteroatoms. The third kappa shape index (κ3) is 4.71. The molecule has 4 rings (SSSR count). The second-order valence-corrected chi connectivity index (χ2v) is 7.13. The number of imidazole rings is 1. The Morgan fingerprint density at radius 1 is 1.39 bits per heavy atom. The molecule has 1 aliphatic heterocycles. The number of carbonyl (C=O) groups excluding carboxylic acids is 2. The van der Waals surface area contributed by atoms with Gasteiger partial charge in [0.2, 0.25) is 0 Å². The molecule has 164 valence electrons. The Labute approximate surface area is 178 Å². The number of rotatable bonds is 4. The minimum absolute atomic E-state index is 0.00356. The Balaban J connectivity index is 0.000000858. The van der Waals surface area contributed by atoms with Crippen LogP contribution in [0.2, 0.25) is 0 Å². The Bertz CT molecular complexity index is 1060. The first-order chi connectivity index (χ1) is 15.0. The van der Waals surface area contributed by atoms with E-state index in [0.717, 1.165) is 6.42 Å². The maximum Gasteiger partial charge on any atom is 0.290 e. The van der Waals surface area contributed by atoms with Crippen LogP contribution in [0.3, 0.4) is 0 Å². The zero-order chi connectivity index (χ0) is 22.4. The standard InChI is InChI=1S/C19H22N6O3.CH2O2/c1-3-13-11-24(19(27)16-10-20-17-5-4-7-21-25(16)17)8-6-15(13)23-18(26)14-9-22-28-12(14)2;2-1-3/h4-5,7,9-10,13,15H,3,6,8,11H2,1-2H3,(H,23,26);1H,(H,2,3)/t13-,15+;/m1./s1. The smallest absolute Gasteiger partial charge is 0.290 e. The van der Waals surface area contributed by atoms with Gasteiger partial charge in [0.25, 0.3) is 18.3 Å². The minimum atomic E-state index is -0.250. The summed E-state index contributed by atoms with van der Waals surface area (Å²) in [5.74, 6) is 0.379. The summed E-state index contributed by atoms with van der Waals surface area (Å²) >= 11 is 0. The third-order valence-corrected chi connectivity index (χ3v) is 5.35. The summed E-state index contributed by atoms with van der Waals surface area (Å²) < 4.78 is 6.54. The molecule has 2 atom stereocenters. The van der Waals surface area contributed by atoms with Gasteiger partial charge in [-0.15, -0.1) is 0 Å². The lowest BCUT2D eigenvalue weighted by atomic mass is 9.89. The van der Waals surface area contributed by atoms with E-state index in [0.29, 0.717) is 42.2 Å². The van der Waals surface area contributed by atoms with Gasteiger partial charge in [-0.25, -0.2) is 9.50 Å². The van der Waals surface area contributed by atoms with E-state index in [1.807, 2.05) is 11.0 Å². The van der Waals surface area contributed by atoms with Crippen LogP contribution in [-0.2, 0) is 4.79 Å². The number of likely N-dealkylation sites (tertiary alicyclic amines) is 1. The largest absolute Gasteiger partial charge is 0.483 e. The Hall–Kier alpha value is -3.76. The Morgan fingerprint density at radius 2 is 2.16 bits per heavy atom. The molecule has 1 aliphatic rings. The molecule has 0 saturated carbocycles. The van der Waals surface area contributed by atoms with E-state index in [9.17, 15) is 9.59 Å². The van der Waals surface area contributed by atoms with Crippen molar-refractivity contribution in [1.29, 1.82) is 0 Å². The fourth-order valence-corrected chi connectivity index (χ4v) is 3.72. The van der Waals surface area contributed by atoms with Crippen molar-refractivity contribution < 1.29 is 24.0 Å². The van der Waals surface area contributed by atoms with Crippen LogP contribution in [0, 0.1) is 12.8 Å². The molecule has 3 aromatic rings. The van der Waals surface area contributed by atoms with Crippen molar-refractivity contribution in [3.8, 4) is 0 Å². The van der Waals surface area contributed by atoms with Crippen molar-refractivity contribution in [3.05, 3.63) is 47.7 Å². The van der Waals surface area contributed by atoms with Gasteiger partial charge in [0, 0.05) is 25.3 Å². The van der Waals surface area contributed by atoms with Gasteiger partial charge in [0.15, 0.2) is 11.3 Å². The van der Waals surface area contributed by atoms with Crippen LogP contribution in [0.1, 0.15) is 46.4 Å². The average molecular weight is 428 g/mol. The molecular weight excluding hydrogens is 404 g/mol. The quantitative estimate of drug-likeness (QED) is 0.594. The predicted octanol–water partition coefficient (Wildman–Crippen LogP) is 1.40. The molecule has 0 bridgehead atoms. The molecule has 1 saturated heterocycles. The molecule has 2 N–H and O–H groups in total. The molecule has 0 aromatic carbocycles. The van der Waals surface area contributed by atoms with Crippen molar-refractivity contribution in [2.45, 2.75) is 32.7 Å². The number of hydrogen-bond acceptors (Lipinski definition) is 7. The number of hydrogen-bond donors (Lipinski definition) is 2. The maximum absolute atomic E-state index is 13.0. The first-order valence-electron chi connectivity index (χ1n) is 9.88. The summed E-state index contributed by atoms with van der Waals surface area (Å²) in [5.41, 5.74) is 1.54. The Kier molecular flexibility index (Phi) is 6.96. The second-order valence-electron chi connectivity index (χ2n) is 7.13. The van der Waals surface area contributed by atoms with Gasteiger partial charge in [-0.3, -0.25) is 14.4 Å². The van der Waals surface area contributed by atoms with Crippen LogP contribution < -0.4 is 5.32 Å². The van der Waals surface area contributed by atoms with E-state index < -0.39 is 0 Å². The molecule has 31 heavy (non-hydrogen) atoms. The second kappa shape index (κ2) is 9.83. The number of fused-ring (bicyclic) bond motifs is 1. The molecule has 0 aliphatic carbocycles. The highest BCUT2D eigenvalue weighted by molar-refractivity contribution is 5.95. The summed E-state index contributed by atoms with van der Waals surface area (Å²) in [6, 6.07) is 3.60. The van der Waals surface area contributed by atoms with Gasteiger partial charge in [-0.05, 0) is 37.8 Å². The SMILES string of the molecule is CC[C@@H]1CN(C(=O)c2cnc3cccnn23)CC[C@@H]1NC(=O)c1cnoc1C.O=CO. The van der Waals surface area contributed by atoms with E-state index >= 15 is 0 Å². The van der Waals surface area contributed by atoms with Crippen LogP contribution in [0.25, 0.3) is 5.65 Å². The first-order valence-corrected chi connectivity index (χ1v) is 9.88. The molecule has 2 amide bonds. The van der Waals surface area contributed by atoms with Crippen LogP contribution >= 0.6 is 0 Å². The molecule has 3 aromatic heterocycles. The number of amides is 2. The zero-order valence-corrected chi connectivity index (χ0v) is 17.3. The molecule has 11 nitrogen and oxygen atoms in total. The number of aromatic nitrogens is 4. The number of carboxylic acid groups (broad SMARTS) is 1. The molecular formula is C20H24N6O5. The molecule has 4 heterocycles. The van der Waals surface area contributed by atoms with E-state index in [4.69, 9.17) is 14.4 Å².